The van der Waals surface area contributed by atoms with Gasteiger partial charge in [-0.3, -0.25) is 0 Å². The first-order valence-corrected chi connectivity index (χ1v) is 7.40. The SMILES string of the molecule is CC(C)(C)[C@@]1(OC(N)=O)CC[C@@H]1c1ccc(Br)cc1F. The van der Waals surface area contributed by atoms with Gasteiger partial charge in [0, 0.05) is 15.8 Å². The fourth-order valence-corrected chi connectivity index (χ4v) is 3.43. The topological polar surface area (TPSA) is 52.3 Å². The molecule has 110 valence electrons. The zero-order chi connectivity index (χ0) is 15.1. The number of nitrogens with two attached hydrogens (primary N) is 1. The number of primary amides is 1. The van der Waals surface area contributed by atoms with Gasteiger partial charge in [-0.25, -0.2) is 9.18 Å². The highest BCUT2D eigenvalue weighted by Crippen LogP contribution is 2.57. The third-order valence-corrected chi connectivity index (χ3v) is 4.75. The van der Waals surface area contributed by atoms with E-state index in [1.54, 1.807) is 12.1 Å². The van der Waals surface area contributed by atoms with Gasteiger partial charge >= 0.3 is 6.09 Å². The van der Waals surface area contributed by atoms with Crippen LogP contribution >= 0.6 is 15.9 Å². The number of rotatable bonds is 2. The van der Waals surface area contributed by atoms with Crippen molar-refractivity contribution >= 4 is 22.0 Å². The Balaban J connectivity index is 2.43. The zero-order valence-electron chi connectivity index (χ0n) is 11.9. The van der Waals surface area contributed by atoms with E-state index in [4.69, 9.17) is 10.5 Å². The van der Waals surface area contributed by atoms with Gasteiger partial charge in [-0.2, -0.15) is 0 Å². The van der Waals surface area contributed by atoms with Crippen LogP contribution in [0.1, 0.15) is 45.1 Å². The molecule has 2 N–H and O–H groups in total. The minimum atomic E-state index is -0.804. The lowest BCUT2D eigenvalue weighted by Crippen LogP contribution is -2.58. The molecular weight excluding hydrogens is 325 g/mol. The first kappa shape index (κ1) is 15.3. The summed E-state index contributed by atoms with van der Waals surface area (Å²) >= 11 is 3.25. The third-order valence-electron chi connectivity index (χ3n) is 4.26. The van der Waals surface area contributed by atoms with Crippen LogP contribution in [-0.2, 0) is 4.74 Å². The van der Waals surface area contributed by atoms with E-state index in [2.05, 4.69) is 15.9 Å². The van der Waals surface area contributed by atoms with Gasteiger partial charge in [0.25, 0.3) is 0 Å². The third kappa shape index (κ3) is 2.43. The van der Waals surface area contributed by atoms with E-state index >= 15 is 0 Å². The molecule has 0 heterocycles. The molecule has 1 aromatic rings. The highest BCUT2D eigenvalue weighted by molar-refractivity contribution is 9.10. The van der Waals surface area contributed by atoms with E-state index in [1.807, 2.05) is 20.8 Å². The first-order valence-electron chi connectivity index (χ1n) is 6.61. The van der Waals surface area contributed by atoms with E-state index in [9.17, 15) is 9.18 Å². The minimum Gasteiger partial charge on any atom is -0.442 e. The summed E-state index contributed by atoms with van der Waals surface area (Å²) in [4.78, 5) is 11.3. The molecule has 2 atom stereocenters. The number of hydrogen-bond acceptors (Lipinski definition) is 2. The summed E-state index contributed by atoms with van der Waals surface area (Å²) in [5.41, 5.74) is 4.75. The first-order chi connectivity index (χ1) is 9.17. The number of halogens is 2. The van der Waals surface area contributed by atoms with E-state index in [-0.39, 0.29) is 17.2 Å². The van der Waals surface area contributed by atoms with Crippen LogP contribution < -0.4 is 5.73 Å². The van der Waals surface area contributed by atoms with E-state index < -0.39 is 11.7 Å². The molecule has 0 radical (unpaired) electrons. The largest absolute Gasteiger partial charge is 0.442 e. The molecule has 1 aliphatic rings. The van der Waals surface area contributed by atoms with Crippen molar-refractivity contribution in [1.29, 1.82) is 0 Å². The molecule has 3 nitrogen and oxygen atoms in total. The maximum atomic E-state index is 14.2. The van der Waals surface area contributed by atoms with Crippen LogP contribution in [0.25, 0.3) is 0 Å². The smallest absolute Gasteiger partial charge is 0.405 e. The molecule has 0 aromatic heterocycles. The van der Waals surface area contributed by atoms with Crippen molar-refractivity contribution in [3.63, 3.8) is 0 Å². The van der Waals surface area contributed by atoms with Crippen LogP contribution in [0, 0.1) is 11.2 Å². The summed E-state index contributed by atoms with van der Waals surface area (Å²) < 4.78 is 20.3. The summed E-state index contributed by atoms with van der Waals surface area (Å²) in [7, 11) is 0. The lowest BCUT2D eigenvalue weighted by atomic mass is 9.55. The van der Waals surface area contributed by atoms with Crippen molar-refractivity contribution in [3.8, 4) is 0 Å². The lowest BCUT2D eigenvalue weighted by Gasteiger charge is -2.55. The van der Waals surface area contributed by atoms with Gasteiger partial charge in [0.05, 0.1) is 0 Å². The Bertz CT molecular complexity index is 541. The monoisotopic (exact) mass is 343 g/mol. The molecule has 1 saturated carbocycles. The Morgan fingerprint density at radius 3 is 2.55 bits per heavy atom. The summed E-state index contributed by atoms with van der Waals surface area (Å²) in [6, 6.07) is 4.98. The Labute approximate surface area is 126 Å². The van der Waals surface area contributed by atoms with E-state index in [0.717, 1.165) is 6.42 Å². The molecule has 1 fully saturated rings. The van der Waals surface area contributed by atoms with Crippen LogP contribution in [0.4, 0.5) is 9.18 Å². The molecule has 5 heteroatoms. The van der Waals surface area contributed by atoms with Crippen molar-refractivity contribution in [2.75, 3.05) is 0 Å². The van der Waals surface area contributed by atoms with Crippen molar-refractivity contribution < 1.29 is 13.9 Å². The number of carbonyl (C=O) groups excluding carboxylic acids is 1. The predicted octanol–water partition coefficient (Wildman–Crippen LogP) is 4.35. The molecule has 0 saturated heterocycles. The Morgan fingerprint density at radius 1 is 1.50 bits per heavy atom. The van der Waals surface area contributed by atoms with Gasteiger partial charge in [-0.15, -0.1) is 0 Å². The second-order valence-corrected chi connectivity index (χ2v) is 7.23. The number of amides is 1. The fraction of sp³-hybridized carbons (Fsp3) is 0.533. The maximum absolute atomic E-state index is 14.2. The van der Waals surface area contributed by atoms with Crippen molar-refractivity contribution in [1.82, 2.24) is 0 Å². The molecular formula is C15H19BrFNO2. The minimum absolute atomic E-state index is 0.164. The van der Waals surface area contributed by atoms with Crippen LogP contribution in [0.2, 0.25) is 0 Å². The van der Waals surface area contributed by atoms with Crippen molar-refractivity contribution in [2.45, 2.75) is 45.1 Å². The van der Waals surface area contributed by atoms with Gasteiger partial charge in [-0.1, -0.05) is 42.8 Å². The van der Waals surface area contributed by atoms with Crippen LogP contribution in [0.3, 0.4) is 0 Å². The standard InChI is InChI=1S/C15H19BrFNO2/c1-14(2,3)15(20-13(18)19)7-6-11(15)10-5-4-9(16)8-12(10)17/h4-5,8,11H,6-7H2,1-3H3,(H2,18,19)/t11-,15-/m1/s1. The van der Waals surface area contributed by atoms with Crippen molar-refractivity contribution in [3.05, 3.63) is 34.1 Å². The summed E-state index contributed by atoms with van der Waals surface area (Å²) in [5.74, 6) is -0.450. The molecule has 1 aliphatic carbocycles. The Morgan fingerprint density at radius 2 is 2.15 bits per heavy atom. The molecule has 0 spiro atoms. The molecule has 0 bridgehead atoms. The van der Waals surface area contributed by atoms with Gasteiger partial charge in [0.1, 0.15) is 11.4 Å². The van der Waals surface area contributed by atoms with Gasteiger partial charge < -0.3 is 10.5 Å². The van der Waals surface area contributed by atoms with Crippen LogP contribution in [0.15, 0.2) is 22.7 Å². The zero-order valence-corrected chi connectivity index (χ0v) is 13.5. The van der Waals surface area contributed by atoms with E-state index in [1.165, 1.54) is 6.07 Å². The molecule has 20 heavy (non-hydrogen) atoms. The van der Waals surface area contributed by atoms with Gasteiger partial charge in [-0.05, 0) is 30.5 Å². The maximum Gasteiger partial charge on any atom is 0.405 e. The Hall–Kier alpha value is -1.10. The van der Waals surface area contributed by atoms with Crippen molar-refractivity contribution in [2.24, 2.45) is 11.1 Å². The second kappa shape index (κ2) is 5.02. The molecule has 2 rings (SSSR count). The molecule has 0 unspecified atom stereocenters. The predicted molar refractivity (Wildman–Crippen MR) is 78.9 cm³/mol. The number of ether oxygens (including phenoxy) is 1. The average molecular weight is 344 g/mol. The summed E-state index contributed by atoms with van der Waals surface area (Å²) in [6.07, 6.45) is 0.671. The number of benzene rings is 1. The quantitative estimate of drug-likeness (QED) is 0.867. The van der Waals surface area contributed by atoms with Crippen LogP contribution in [0.5, 0.6) is 0 Å². The highest BCUT2D eigenvalue weighted by Gasteiger charge is 2.58. The molecule has 1 amide bonds. The number of hydrogen-bond donors (Lipinski definition) is 1. The second-order valence-electron chi connectivity index (χ2n) is 6.32. The molecule has 0 aliphatic heterocycles. The van der Waals surface area contributed by atoms with Crippen LogP contribution in [-0.4, -0.2) is 11.7 Å². The van der Waals surface area contributed by atoms with E-state index in [0.29, 0.717) is 16.5 Å². The lowest BCUT2D eigenvalue weighted by molar-refractivity contribution is -0.139. The average Bonchev–Trinajstić information content (AvgIpc) is 2.26. The molecule has 1 aromatic carbocycles. The number of carbonyl (C=O) groups is 1. The normalized spacial score (nSPS) is 25.9. The highest BCUT2D eigenvalue weighted by atomic mass is 79.9. The summed E-state index contributed by atoms with van der Waals surface area (Å²) in [6.45, 7) is 5.95. The van der Waals surface area contributed by atoms with Gasteiger partial charge in [0.15, 0.2) is 0 Å². The fourth-order valence-electron chi connectivity index (χ4n) is 3.09. The Kier molecular flexibility index (Phi) is 3.84. The van der Waals surface area contributed by atoms with Gasteiger partial charge in [0.2, 0.25) is 0 Å². The summed E-state index contributed by atoms with van der Waals surface area (Å²) in [5, 5.41) is 0.